The summed E-state index contributed by atoms with van der Waals surface area (Å²) >= 11 is 11.7. The summed E-state index contributed by atoms with van der Waals surface area (Å²) in [5, 5.41) is 7.13. The van der Waals surface area contributed by atoms with Crippen LogP contribution in [0.3, 0.4) is 0 Å². The Hall–Kier alpha value is -2.16. The number of carbonyl (C=O) groups is 3. The van der Waals surface area contributed by atoms with E-state index in [9.17, 15) is 14.4 Å². The molecule has 140 valence electrons. The average Bonchev–Trinajstić information content (AvgIpc) is 2.62. The van der Waals surface area contributed by atoms with Crippen molar-refractivity contribution in [1.82, 2.24) is 10.3 Å². The molecular formula is C16H18Cl2N4O4. The molecule has 8 nitrogen and oxygen atoms in total. The molecule has 1 saturated heterocycles. The first-order chi connectivity index (χ1) is 12.4. The number of rotatable bonds is 4. The molecule has 0 spiro atoms. The van der Waals surface area contributed by atoms with E-state index in [1.54, 1.807) is 19.1 Å². The van der Waals surface area contributed by atoms with Crippen molar-refractivity contribution < 1.29 is 19.1 Å². The Kier molecular flexibility index (Phi) is 7.38. The van der Waals surface area contributed by atoms with Crippen LogP contribution in [0.2, 0.25) is 10.0 Å². The number of hydrogen-bond donors (Lipinski definition) is 2. The van der Waals surface area contributed by atoms with Gasteiger partial charge < -0.3 is 15.0 Å². The van der Waals surface area contributed by atoms with Gasteiger partial charge in [0, 0.05) is 24.5 Å². The molecule has 1 aliphatic rings. The summed E-state index contributed by atoms with van der Waals surface area (Å²) in [6, 6.07) is 4.70. The van der Waals surface area contributed by atoms with E-state index in [0.717, 1.165) is 0 Å². The SMILES string of the molecule is C/C(CC(=O)Nc1ccc(Cl)c(Cl)c1)=N\NC(=O)C(=O)N1CCOCC1. The van der Waals surface area contributed by atoms with Gasteiger partial charge in [0.25, 0.3) is 0 Å². The van der Waals surface area contributed by atoms with Crippen LogP contribution >= 0.6 is 23.2 Å². The zero-order valence-corrected chi connectivity index (χ0v) is 15.6. The number of nitrogens with one attached hydrogen (secondary N) is 2. The molecule has 1 aromatic rings. The van der Waals surface area contributed by atoms with Gasteiger partial charge in [-0.2, -0.15) is 5.10 Å². The third kappa shape index (κ3) is 5.98. The maximum Gasteiger partial charge on any atom is 0.329 e. The van der Waals surface area contributed by atoms with Crippen molar-refractivity contribution in [2.75, 3.05) is 31.6 Å². The minimum Gasteiger partial charge on any atom is -0.378 e. The van der Waals surface area contributed by atoms with Gasteiger partial charge in [-0.15, -0.1) is 0 Å². The number of hydrogen-bond acceptors (Lipinski definition) is 5. The smallest absolute Gasteiger partial charge is 0.329 e. The first-order valence-corrected chi connectivity index (χ1v) is 8.57. The molecule has 2 rings (SSSR count). The molecule has 0 saturated carbocycles. The minimum atomic E-state index is -0.851. The molecule has 0 aromatic heterocycles. The van der Waals surface area contributed by atoms with Crippen molar-refractivity contribution >= 4 is 52.3 Å². The van der Waals surface area contributed by atoms with Gasteiger partial charge in [-0.3, -0.25) is 14.4 Å². The molecule has 0 aliphatic carbocycles. The Balaban J connectivity index is 1.82. The largest absolute Gasteiger partial charge is 0.378 e. The second kappa shape index (κ2) is 9.51. The van der Waals surface area contributed by atoms with Gasteiger partial charge in [-0.05, 0) is 25.1 Å². The number of morpholine rings is 1. The van der Waals surface area contributed by atoms with Crippen molar-refractivity contribution in [3.63, 3.8) is 0 Å². The summed E-state index contributed by atoms with van der Waals surface area (Å²) in [5.74, 6) is -1.88. The van der Waals surface area contributed by atoms with Crippen LogP contribution in [0.5, 0.6) is 0 Å². The van der Waals surface area contributed by atoms with Gasteiger partial charge in [0.1, 0.15) is 0 Å². The summed E-state index contributed by atoms with van der Waals surface area (Å²) < 4.78 is 5.12. The van der Waals surface area contributed by atoms with Gasteiger partial charge in [-0.1, -0.05) is 23.2 Å². The molecule has 0 bridgehead atoms. The lowest BCUT2D eigenvalue weighted by Gasteiger charge is -2.25. The Morgan fingerprint density at radius 1 is 1.19 bits per heavy atom. The van der Waals surface area contributed by atoms with E-state index in [1.165, 1.54) is 11.0 Å². The van der Waals surface area contributed by atoms with Crippen molar-refractivity contribution in [3.05, 3.63) is 28.2 Å². The molecule has 1 aromatic carbocycles. The lowest BCUT2D eigenvalue weighted by Crippen LogP contribution is -2.47. The van der Waals surface area contributed by atoms with Crippen LogP contribution in [0.1, 0.15) is 13.3 Å². The summed E-state index contributed by atoms with van der Waals surface area (Å²) in [6.07, 6.45) is -0.0632. The number of halogens is 2. The van der Waals surface area contributed by atoms with Crippen LogP contribution in [0.15, 0.2) is 23.3 Å². The second-order valence-electron chi connectivity index (χ2n) is 5.55. The highest BCUT2D eigenvalue weighted by atomic mass is 35.5. The number of benzene rings is 1. The Bertz CT molecular complexity index is 733. The normalized spacial score (nSPS) is 14.7. The van der Waals surface area contributed by atoms with E-state index in [4.69, 9.17) is 27.9 Å². The highest BCUT2D eigenvalue weighted by Crippen LogP contribution is 2.25. The van der Waals surface area contributed by atoms with E-state index < -0.39 is 11.8 Å². The van der Waals surface area contributed by atoms with Gasteiger partial charge in [0.2, 0.25) is 5.91 Å². The molecule has 10 heteroatoms. The van der Waals surface area contributed by atoms with Crippen molar-refractivity contribution in [2.24, 2.45) is 5.10 Å². The standard InChI is InChI=1S/C16H18Cl2N4O4/c1-10(8-14(23)19-11-2-3-12(17)13(18)9-11)20-21-15(24)16(25)22-4-6-26-7-5-22/h2-3,9H,4-8H2,1H3,(H,19,23)(H,21,24)/b20-10+. The zero-order chi connectivity index (χ0) is 19.1. The van der Waals surface area contributed by atoms with E-state index in [-0.39, 0.29) is 12.3 Å². The number of hydrazone groups is 1. The third-order valence-electron chi connectivity index (χ3n) is 3.46. The predicted octanol–water partition coefficient (Wildman–Crippen LogP) is 1.67. The maximum absolute atomic E-state index is 12.0. The van der Waals surface area contributed by atoms with Crippen LogP contribution in [-0.4, -0.2) is 54.6 Å². The molecular weight excluding hydrogens is 383 g/mol. The molecule has 1 heterocycles. The fourth-order valence-electron chi connectivity index (χ4n) is 2.16. The topological polar surface area (TPSA) is 100 Å². The van der Waals surface area contributed by atoms with Crippen LogP contribution in [0.25, 0.3) is 0 Å². The van der Waals surface area contributed by atoms with Crippen LogP contribution in [-0.2, 0) is 19.1 Å². The van der Waals surface area contributed by atoms with Crippen LogP contribution in [0, 0.1) is 0 Å². The number of anilines is 1. The predicted molar refractivity (Wildman–Crippen MR) is 98.4 cm³/mol. The Labute approximate surface area is 160 Å². The number of carbonyl (C=O) groups excluding carboxylic acids is 3. The van der Waals surface area contributed by atoms with E-state index in [2.05, 4.69) is 15.8 Å². The van der Waals surface area contributed by atoms with E-state index in [0.29, 0.717) is 47.7 Å². The van der Waals surface area contributed by atoms with Gasteiger partial charge in [0.15, 0.2) is 0 Å². The van der Waals surface area contributed by atoms with E-state index >= 15 is 0 Å². The van der Waals surface area contributed by atoms with Crippen LogP contribution in [0.4, 0.5) is 5.69 Å². The molecule has 26 heavy (non-hydrogen) atoms. The van der Waals surface area contributed by atoms with Gasteiger partial charge in [0.05, 0.1) is 29.7 Å². The molecule has 2 N–H and O–H groups in total. The fraction of sp³-hybridized carbons (Fsp3) is 0.375. The van der Waals surface area contributed by atoms with Crippen molar-refractivity contribution in [3.8, 4) is 0 Å². The van der Waals surface area contributed by atoms with Gasteiger partial charge in [-0.25, -0.2) is 5.43 Å². The average molecular weight is 401 g/mol. The molecule has 0 unspecified atom stereocenters. The summed E-state index contributed by atoms with van der Waals surface area (Å²) in [6.45, 7) is 3.09. The van der Waals surface area contributed by atoms with Crippen LogP contribution < -0.4 is 10.7 Å². The minimum absolute atomic E-state index is 0.0632. The first-order valence-electron chi connectivity index (χ1n) is 7.82. The highest BCUT2D eigenvalue weighted by Gasteiger charge is 2.23. The second-order valence-corrected chi connectivity index (χ2v) is 6.36. The Morgan fingerprint density at radius 3 is 2.54 bits per heavy atom. The zero-order valence-electron chi connectivity index (χ0n) is 14.1. The lowest BCUT2D eigenvalue weighted by molar-refractivity contribution is -0.148. The van der Waals surface area contributed by atoms with Crippen molar-refractivity contribution in [2.45, 2.75) is 13.3 Å². The molecule has 1 aliphatic heterocycles. The number of nitrogens with zero attached hydrogens (tertiary/aromatic N) is 2. The van der Waals surface area contributed by atoms with Crippen molar-refractivity contribution in [1.29, 1.82) is 0 Å². The lowest BCUT2D eigenvalue weighted by atomic mass is 10.2. The molecule has 1 fully saturated rings. The molecule has 0 atom stereocenters. The van der Waals surface area contributed by atoms with E-state index in [1.807, 2.05) is 0 Å². The summed E-state index contributed by atoms with van der Waals surface area (Å²) in [5.41, 5.74) is 2.99. The highest BCUT2D eigenvalue weighted by molar-refractivity contribution is 6.42. The summed E-state index contributed by atoms with van der Waals surface area (Å²) in [4.78, 5) is 37.1. The number of amides is 3. The maximum atomic E-state index is 12.0. The molecule has 0 radical (unpaired) electrons. The first kappa shape index (κ1) is 20.2. The number of ether oxygens (including phenoxy) is 1. The third-order valence-corrected chi connectivity index (χ3v) is 4.20. The molecule has 3 amide bonds. The quantitative estimate of drug-likeness (QED) is 0.456. The monoisotopic (exact) mass is 400 g/mol. The Morgan fingerprint density at radius 2 is 1.88 bits per heavy atom. The van der Waals surface area contributed by atoms with Gasteiger partial charge >= 0.3 is 11.8 Å². The summed E-state index contributed by atoms with van der Waals surface area (Å²) in [7, 11) is 0. The fourth-order valence-corrected chi connectivity index (χ4v) is 2.45.